The summed E-state index contributed by atoms with van der Waals surface area (Å²) in [6, 6.07) is 1.60. The summed E-state index contributed by atoms with van der Waals surface area (Å²) in [5.41, 5.74) is 0.286. The number of thiophene rings is 1. The molecule has 0 N–H and O–H groups in total. The molecule has 2 rings (SSSR count). The van der Waals surface area contributed by atoms with Crippen molar-refractivity contribution in [3.63, 3.8) is 0 Å². The van der Waals surface area contributed by atoms with Crippen LogP contribution < -0.4 is 0 Å². The van der Waals surface area contributed by atoms with E-state index in [0.717, 1.165) is 21.5 Å². The second kappa shape index (κ2) is 2.81. The summed E-state index contributed by atoms with van der Waals surface area (Å²) in [7, 11) is 0. The van der Waals surface area contributed by atoms with E-state index in [1.807, 2.05) is 0 Å². The fraction of sp³-hybridized carbons (Fsp3) is 0.429. The Kier molecular flexibility index (Phi) is 1.92. The first-order valence-corrected chi connectivity index (χ1v) is 5.23. The third kappa shape index (κ3) is 1.38. The minimum Gasteiger partial charge on any atom is -0.258 e. The fourth-order valence-corrected chi connectivity index (χ4v) is 2.91. The molecule has 0 unspecified atom stereocenters. The highest BCUT2D eigenvalue weighted by atomic mass is 79.9. The number of halogens is 1. The second-order valence-corrected chi connectivity index (χ2v) is 5.29. The van der Waals surface area contributed by atoms with Crippen molar-refractivity contribution in [2.75, 3.05) is 0 Å². The van der Waals surface area contributed by atoms with Crippen molar-refractivity contribution in [1.82, 2.24) is 0 Å². The Hall–Kier alpha value is -0.420. The lowest BCUT2D eigenvalue weighted by Crippen LogP contribution is -1.88. The zero-order valence-electron chi connectivity index (χ0n) is 6.12. The number of rotatable bonds is 2. The van der Waals surface area contributed by atoms with Crippen molar-refractivity contribution < 1.29 is 4.92 Å². The maximum absolute atomic E-state index is 10.6. The molecule has 64 valence electrons. The largest absolute Gasteiger partial charge is 0.284 e. The first-order chi connectivity index (χ1) is 5.68. The Labute approximate surface area is 81.7 Å². The normalized spacial score (nSPS) is 16.4. The van der Waals surface area contributed by atoms with E-state index in [-0.39, 0.29) is 10.6 Å². The van der Waals surface area contributed by atoms with Crippen molar-refractivity contribution in [3.05, 3.63) is 24.8 Å². The van der Waals surface area contributed by atoms with Gasteiger partial charge < -0.3 is 0 Å². The van der Waals surface area contributed by atoms with Crippen LogP contribution in [-0.4, -0.2) is 4.92 Å². The molecule has 1 aliphatic carbocycles. The van der Waals surface area contributed by atoms with Crippen LogP contribution in [0.1, 0.15) is 23.6 Å². The van der Waals surface area contributed by atoms with Crippen molar-refractivity contribution >= 4 is 33.0 Å². The zero-order chi connectivity index (χ0) is 8.72. The maximum Gasteiger partial charge on any atom is 0.284 e. The average molecular weight is 248 g/mol. The van der Waals surface area contributed by atoms with Gasteiger partial charge in [0.25, 0.3) is 5.69 Å². The third-order valence-electron chi connectivity index (χ3n) is 1.85. The Morgan fingerprint density at radius 1 is 1.67 bits per heavy atom. The topological polar surface area (TPSA) is 43.1 Å². The quantitative estimate of drug-likeness (QED) is 0.595. The minimum atomic E-state index is -0.297. The molecule has 12 heavy (non-hydrogen) atoms. The molecular weight excluding hydrogens is 242 g/mol. The molecule has 1 heterocycles. The second-order valence-electron chi connectivity index (χ2n) is 2.83. The summed E-state index contributed by atoms with van der Waals surface area (Å²) in [4.78, 5) is 11.2. The average Bonchev–Trinajstić information content (AvgIpc) is 2.75. The van der Waals surface area contributed by atoms with Gasteiger partial charge in [-0.1, -0.05) is 0 Å². The highest BCUT2D eigenvalue weighted by molar-refractivity contribution is 9.11. The lowest BCUT2D eigenvalue weighted by atomic mass is 10.3. The van der Waals surface area contributed by atoms with Gasteiger partial charge in [-0.05, 0) is 28.8 Å². The van der Waals surface area contributed by atoms with E-state index in [9.17, 15) is 10.1 Å². The van der Waals surface area contributed by atoms with Gasteiger partial charge in [0.1, 0.15) is 0 Å². The number of nitrogens with zero attached hydrogens (tertiary/aromatic N) is 1. The molecule has 5 heteroatoms. The highest BCUT2D eigenvalue weighted by Crippen LogP contribution is 2.49. The van der Waals surface area contributed by atoms with Crippen LogP contribution in [0.3, 0.4) is 0 Å². The molecule has 0 amide bonds. The molecule has 1 saturated carbocycles. The first kappa shape index (κ1) is 8.19. The lowest BCUT2D eigenvalue weighted by molar-refractivity contribution is -0.385. The summed E-state index contributed by atoms with van der Waals surface area (Å²) < 4.78 is 0.858. The van der Waals surface area contributed by atoms with Gasteiger partial charge in [0.15, 0.2) is 0 Å². The Bertz CT molecular complexity index is 332. The van der Waals surface area contributed by atoms with Gasteiger partial charge in [0.2, 0.25) is 0 Å². The molecule has 3 nitrogen and oxygen atoms in total. The van der Waals surface area contributed by atoms with E-state index in [2.05, 4.69) is 15.9 Å². The molecule has 0 aliphatic heterocycles. The molecule has 1 aromatic rings. The van der Waals surface area contributed by atoms with Crippen LogP contribution in [0.5, 0.6) is 0 Å². The van der Waals surface area contributed by atoms with Crippen molar-refractivity contribution in [3.8, 4) is 0 Å². The first-order valence-electron chi connectivity index (χ1n) is 3.62. The van der Waals surface area contributed by atoms with Gasteiger partial charge >= 0.3 is 0 Å². The molecular formula is C7H6BrNO2S. The number of hydrogen-bond acceptors (Lipinski definition) is 3. The van der Waals surface area contributed by atoms with Crippen LogP contribution >= 0.6 is 27.3 Å². The number of nitro groups is 1. The summed E-state index contributed by atoms with van der Waals surface area (Å²) in [6.07, 6.45) is 2.21. The molecule has 1 aliphatic rings. The van der Waals surface area contributed by atoms with Gasteiger partial charge in [0.05, 0.1) is 13.6 Å². The molecule has 1 fully saturated rings. The van der Waals surface area contributed by atoms with Crippen LogP contribution in [-0.2, 0) is 0 Å². The van der Waals surface area contributed by atoms with Gasteiger partial charge in [-0.25, -0.2) is 0 Å². The van der Waals surface area contributed by atoms with E-state index < -0.39 is 0 Å². The molecule has 0 aromatic carbocycles. The smallest absolute Gasteiger partial charge is 0.258 e. The summed E-state index contributed by atoms with van der Waals surface area (Å²) >= 11 is 4.75. The zero-order valence-corrected chi connectivity index (χ0v) is 8.52. The molecule has 0 saturated heterocycles. The lowest BCUT2D eigenvalue weighted by Gasteiger charge is -1.89. The Morgan fingerprint density at radius 3 is 2.83 bits per heavy atom. The van der Waals surface area contributed by atoms with Crippen LogP contribution in [0.4, 0.5) is 5.69 Å². The monoisotopic (exact) mass is 247 g/mol. The van der Waals surface area contributed by atoms with Crippen LogP contribution in [0.25, 0.3) is 0 Å². The molecule has 0 spiro atoms. The van der Waals surface area contributed by atoms with Gasteiger partial charge in [-0.3, -0.25) is 10.1 Å². The molecule has 0 bridgehead atoms. The van der Waals surface area contributed by atoms with Gasteiger partial charge in [-0.2, -0.15) is 0 Å². The van der Waals surface area contributed by atoms with Gasteiger partial charge in [0, 0.05) is 12.0 Å². The maximum atomic E-state index is 10.6. The predicted molar refractivity (Wildman–Crippen MR) is 50.6 cm³/mol. The van der Waals surface area contributed by atoms with E-state index in [1.54, 1.807) is 6.07 Å². The van der Waals surface area contributed by atoms with Crippen LogP contribution in [0.15, 0.2) is 9.85 Å². The van der Waals surface area contributed by atoms with E-state index >= 15 is 0 Å². The summed E-state index contributed by atoms with van der Waals surface area (Å²) in [5, 5.41) is 10.6. The molecule has 1 aromatic heterocycles. The van der Waals surface area contributed by atoms with E-state index in [1.165, 1.54) is 11.3 Å². The summed E-state index contributed by atoms with van der Waals surface area (Å²) in [6.45, 7) is 0. The van der Waals surface area contributed by atoms with Crippen molar-refractivity contribution in [1.29, 1.82) is 0 Å². The third-order valence-corrected chi connectivity index (χ3v) is 3.64. The van der Waals surface area contributed by atoms with Crippen LogP contribution in [0.2, 0.25) is 0 Å². The SMILES string of the molecule is O=[N+]([O-])c1cc(Br)sc1C1CC1. The molecule has 0 atom stereocenters. The van der Waals surface area contributed by atoms with Crippen molar-refractivity contribution in [2.24, 2.45) is 0 Å². The van der Waals surface area contributed by atoms with E-state index in [4.69, 9.17) is 0 Å². The Morgan fingerprint density at radius 2 is 2.33 bits per heavy atom. The molecule has 0 radical (unpaired) electrons. The highest BCUT2D eigenvalue weighted by Gasteiger charge is 2.32. The minimum absolute atomic E-state index is 0.286. The Balaban J connectivity index is 2.43. The van der Waals surface area contributed by atoms with E-state index in [0.29, 0.717) is 5.92 Å². The van der Waals surface area contributed by atoms with Gasteiger partial charge in [-0.15, -0.1) is 11.3 Å². The standard InChI is InChI=1S/C7H6BrNO2S/c8-6-3-5(9(10)11)7(12-6)4-1-2-4/h3-4H,1-2H2. The predicted octanol–water partition coefficient (Wildman–Crippen LogP) is 3.30. The van der Waals surface area contributed by atoms with Crippen molar-refractivity contribution in [2.45, 2.75) is 18.8 Å². The fourth-order valence-electron chi connectivity index (χ4n) is 1.15. The number of hydrogen-bond donors (Lipinski definition) is 0. The summed E-state index contributed by atoms with van der Waals surface area (Å²) in [5.74, 6) is 0.460. The van der Waals surface area contributed by atoms with Crippen LogP contribution in [0, 0.1) is 10.1 Å².